The number of ether oxygens (including phenoxy) is 2. The minimum Gasteiger partial charge on any atom is -0.457 e. The maximum absolute atomic E-state index is 12.8. The number of anilines is 1. The molecule has 2 aliphatic heterocycles. The van der Waals surface area contributed by atoms with Crippen LogP contribution in [0.5, 0.6) is 0 Å². The maximum Gasteiger partial charge on any atom is 0.354 e. The summed E-state index contributed by atoms with van der Waals surface area (Å²) in [5.41, 5.74) is 0.916. The van der Waals surface area contributed by atoms with Gasteiger partial charge in [0.15, 0.2) is 5.78 Å². The Morgan fingerprint density at radius 3 is 2.70 bits per heavy atom. The Bertz CT molecular complexity index is 774. The van der Waals surface area contributed by atoms with Crippen LogP contribution in [0.1, 0.15) is 40.0 Å². The number of ketones is 1. The number of hydrogen-bond acceptors (Lipinski definition) is 6. The van der Waals surface area contributed by atoms with Gasteiger partial charge in [-0.1, -0.05) is 32.0 Å². The third kappa shape index (κ3) is 3.06. The highest BCUT2D eigenvalue weighted by Crippen LogP contribution is 2.53. The van der Waals surface area contributed by atoms with Crippen LogP contribution in [0.25, 0.3) is 0 Å². The van der Waals surface area contributed by atoms with Crippen molar-refractivity contribution in [3.05, 3.63) is 30.3 Å². The summed E-state index contributed by atoms with van der Waals surface area (Å²) in [7, 11) is 0. The lowest BCUT2D eigenvalue weighted by Gasteiger charge is -2.58. The second kappa shape index (κ2) is 6.75. The van der Waals surface area contributed by atoms with E-state index in [0.29, 0.717) is 5.71 Å². The summed E-state index contributed by atoms with van der Waals surface area (Å²) < 4.78 is 11.8. The van der Waals surface area contributed by atoms with Crippen LogP contribution < -0.4 is 5.01 Å². The Balaban J connectivity index is 1.51. The van der Waals surface area contributed by atoms with Crippen molar-refractivity contribution >= 4 is 23.2 Å². The molecule has 4 atom stereocenters. The summed E-state index contributed by atoms with van der Waals surface area (Å²) in [6.07, 6.45) is 2.28. The number of para-hydroxylation sites is 1. The van der Waals surface area contributed by atoms with E-state index in [1.54, 1.807) is 5.01 Å². The SMILES string of the molecule is CC(=O)[C@@H]1CC(C(=O)O[C@@H]2[C@@H]3CCCO[C@@H]3C2(C)C)=NN1c1ccccc1. The van der Waals surface area contributed by atoms with Crippen LogP contribution in [0, 0.1) is 11.3 Å². The number of esters is 1. The van der Waals surface area contributed by atoms with Gasteiger partial charge in [-0.05, 0) is 31.9 Å². The van der Waals surface area contributed by atoms with Crippen LogP contribution in [0.3, 0.4) is 0 Å². The lowest BCUT2D eigenvalue weighted by atomic mass is 9.57. The van der Waals surface area contributed by atoms with Crippen molar-refractivity contribution in [3.8, 4) is 0 Å². The summed E-state index contributed by atoms with van der Waals surface area (Å²) in [4.78, 5) is 24.9. The van der Waals surface area contributed by atoms with Gasteiger partial charge in [0.05, 0.1) is 11.8 Å². The molecule has 1 aromatic rings. The normalized spacial score (nSPS) is 31.5. The second-order valence-electron chi connectivity index (χ2n) is 8.30. The molecule has 3 aliphatic rings. The van der Waals surface area contributed by atoms with Crippen molar-refractivity contribution < 1.29 is 19.1 Å². The third-order valence-electron chi connectivity index (χ3n) is 6.09. The zero-order chi connectivity index (χ0) is 19.2. The average Bonchev–Trinajstić information content (AvgIpc) is 3.12. The zero-order valence-corrected chi connectivity index (χ0v) is 16.1. The predicted molar refractivity (Wildman–Crippen MR) is 102 cm³/mol. The molecule has 2 heterocycles. The number of hydrogen-bond donors (Lipinski definition) is 0. The Morgan fingerprint density at radius 2 is 2.00 bits per heavy atom. The first-order valence-electron chi connectivity index (χ1n) is 9.64. The quantitative estimate of drug-likeness (QED) is 0.762. The van der Waals surface area contributed by atoms with Gasteiger partial charge < -0.3 is 9.47 Å². The molecule has 1 aromatic carbocycles. The van der Waals surface area contributed by atoms with E-state index in [9.17, 15) is 9.59 Å². The van der Waals surface area contributed by atoms with Crippen molar-refractivity contribution in [1.29, 1.82) is 0 Å². The molecule has 0 amide bonds. The van der Waals surface area contributed by atoms with Crippen molar-refractivity contribution in [2.75, 3.05) is 11.6 Å². The van der Waals surface area contributed by atoms with Crippen LogP contribution in [0.15, 0.2) is 35.4 Å². The molecular weight excluding hydrogens is 344 g/mol. The van der Waals surface area contributed by atoms with Crippen molar-refractivity contribution in [3.63, 3.8) is 0 Å². The Labute approximate surface area is 159 Å². The minimum absolute atomic E-state index is 0.0184. The van der Waals surface area contributed by atoms with Crippen LogP contribution in [0.4, 0.5) is 5.69 Å². The number of hydrazone groups is 1. The number of nitrogens with zero attached hydrogens (tertiary/aromatic N) is 2. The molecule has 0 bridgehead atoms. The first kappa shape index (κ1) is 18.2. The highest BCUT2D eigenvalue weighted by atomic mass is 16.6. The minimum atomic E-state index is -0.463. The Morgan fingerprint density at radius 1 is 1.26 bits per heavy atom. The summed E-state index contributed by atoms with van der Waals surface area (Å²) in [5.74, 6) is -0.176. The van der Waals surface area contributed by atoms with Crippen molar-refractivity contribution in [1.82, 2.24) is 0 Å². The second-order valence-corrected chi connectivity index (χ2v) is 8.30. The van der Waals surface area contributed by atoms with Crippen molar-refractivity contribution in [2.45, 2.75) is 58.3 Å². The Kier molecular flexibility index (Phi) is 4.54. The fraction of sp³-hybridized carbons (Fsp3) is 0.571. The molecule has 0 unspecified atom stereocenters. The number of fused-ring (bicyclic) bond motifs is 1. The molecule has 1 aliphatic carbocycles. The fourth-order valence-corrected chi connectivity index (χ4v) is 4.67. The third-order valence-corrected chi connectivity index (χ3v) is 6.09. The largest absolute Gasteiger partial charge is 0.457 e. The van der Waals surface area contributed by atoms with Gasteiger partial charge in [0.1, 0.15) is 17.9 Å². The van der Waals surface area contributed by atoms with E-state index in [1.807, 2.05) is 30.3 Å². The van der Waals surface area contributed by atoms with Gasteiger partial charge in [-0.15, -0.1) is 0 Å². The zero-order valence-electron chi connectivity index (χ0n) is 16.1. The van der Waals surface area contributed by atoms with E-state index in [-0.39, 0.29) is 35.7 Å². The van der Waals surface area contributed by atoms with Gasteiger partial charge in [-0.2, -0.15) is 5.10 Å². The highest BCUT2D eigenvalue weighted by molar-refractivity contribution is 6.38. The van der Waals surface area contributed by atoms with E-state index in [0.717, 1.165) is 25.1 Å². The standard InChI is InChI=1S/C21H26N2O4/c1-13(24)17-12-16(22-23(17)14-8-5-4-6-9-14)20(25)27-19-15-10-7-11-26-18(15)21(19,2)3/h4-6,8-9,15,17-19H,7,10-12H2,1-3H3/t15-,17+,18+,19-/m1/s1. The molecular formula is C21H26N2O4. The molecule has 27 heavy (non-hydrogen) atoms. The molecule has 0 radical (unpaired) electrons. The monoisotopic (exact) mass is 370 g/mol. The van der Waals surface area contributed by atoms with Gasteiger partial charge in [-0.3, -0.25) is 9.80 Å². The smallest absolute Gasteiger partial charge is 0.354 e. The summed E-state index contributed by atoms with van der Waals surface area (Å²) in [6, 6.07) is 8.98. The van der Waals surface area contributed by atoms with Crippen LogP contribution in [-0.2, 0) is 19.1 Å². The number of carbonyl (C=O) groups is 2. The predicted octanol–water partition coefficient (Wildman–Crippen LogP) is 2.96. The summed E-state index contributed by atoms with van der Waals surface area (Å²) in [6.45, 7) is 6.48. The molecule has 0 N–H and O–H groups in total. The molecule has 1 saturated heterocycles. The molecule has 4 rings (SSSR count). The van der Waals surface area contributed by atoms with Crippen molar-refractivity contribution in [2.24, 2.45) is 16.4 Å². The molecule has 2 fully saturated rings. The van der Waals surface area contributed by atoms with Gasteiger partial charge in [0.2, 0.25) is 0 Å². The van der Waals surface area contributed by atoms with E-state index < -0.39 is 12.0 Å². The molecule has 0 aromatic heterocycles. The molecule has 1 saturated carbocycles. The highest BCUT2D eigenvalue weighted by Gasteiger charge is 2.60. The number of benzene rings is 1. The van der Waals surface area contributed by atoms with Crippen LogP contribution in [0.2, 0.25) is 0 Å². The number of carbonyl (C=O) groups excluding carboxylic acids is 2. The fourth-order valence-electron chi connectivity index (χ4n) is 4.67. The topological polar surface area (TPSA) is 68.2 Å². The summed E-state index contributed by atoms with van der Waals surface area (Å²) >= 11 is 0. The van der Waals surface area contributed by atoms with Crippen LogP contribution in [-0.4, -0.2) is 42.3 Å². The lowest BCUT2D eigenvalue weighted by molar-refractivity contribution is -0.251. The van der Waals surface area contributed by atoms with E-state index in [2.05, 4.69) is 18.9 Å². The molecule has 144 valence electrons. The molecule has 6 heteroatoms. The summed E-state index contributed by atoms with van der Waals surface area (Å²) in [5, 5.41) is 6.08. The number of Topliss-reactive ketones (excluding diaryl/α,β-unsaturated/α-hetero) is 1. The maximum atomic E-state index is 12.8. The number of rotatable bonds is 4. The molecule has 0 spiro atoms. The van der Waals surface area contributed by atoms with Gasteiger partial charge in [-0.25, -0.2) is 4.79 Å². The van der Waals surface area contributed by atoms with Gasteiger partial charge >= 0.3 is 5.97 Å². The van der Waals surface area contributed by atoms with E-state index >= 15 is 0 Å². The first-order chi connectivity index (χ1) is 12.9. The van der Waals surface area contributed by atoms with Gasteiger partial charge in [0.25, 0.3) is 0 Å². The first-order valence-corrected chi connectivity index (χ1v) is 9.64. The van der Waals surface area contributed by atoms with Gasteiger partial charge in [0, 0.05) is 24.4 Å². The van der Waals surface area contributed by atoms with E-state index in [4.69, 9.17) is 9.47 Å². The van der Waals surface area contributed by atoms with Crippen LogP contribution >= 0.6 is 0 Å². The molecule has 6 nitrogen and oxygen atoms in total. The average molecular weight is 370 g/mol. The Hall–Kier alpha value is -2.21. The van der Waals surface area contributed by atoms with E-state index in [1.165, 1.54) is 6.92 Å². The lowest BCUT2D eigenvalue weighted by Crippen LogP contribution is -2.65.